The average molecular weight is 520 g/mol. The van der Waals surface area contributed by atoms with E-state index in [2.05, 4.69) is 10.1 Å². The van der Waals surface area contributed by atoms with Crippen LogP contribution in [0.3, 0.4) is 0 Å². The molecule has 2 aromatic carbocycles. The van der Waals surface area contributed by atoms with E-state index in [9.17, 15) is 17.6 Å². The summed E-state index contributed by atoms with van der Waals surface area (Å²) in [5.74, 6) is -3.74. The molecule has 4 rings (SSSR count). The third kappa shape index (κ3) is 4.69. The molecule has 0 bridgehead atoms. The Bertz CT molecular complexity index is 1610. The molecule has 0 spiro atoms. The van der Waals surface area contributed by atoms with E-state index in [1.54, 1.807) is 4.72 Å². The van der Waals surface area contributed by atoms with Crippen LogP contribution in [0.4, 0.5) is 13.2 Å². The number of nitrogens with one attached hydrogen (secondary N) is 1. The highest BCUT2D eigenvalue weighted by Crippen LogP contribution is 2.37. The number of pyridine rings is 1. The molecule has 0 atom stereocenters. The number of carbonyl (C=O) groups excluding carboxylic acids is 1. The van der Waals surface area contributed by atoms with Gasteiger partial charge in [0.2, 0.25) is 10.0 Å². The fraction of sp³-hybridized carbons (Fsp3) is 0.174. The number of hydrogen-bond acceptors (Lipinski definition) is 7. The number of methoxy groups -OCH3 is 2. The molecule has 188 valence electrons. The summed E-state index contributed by atoms with van der Waals surface area (Å²) in [4.78, 5) is 16.9. The summed E-state index contributed by atoms with van der Waals surface area (Å²) >= 11 is 0. The van der Waals surface area contributed by atoms with Crippen molar-refractivity contribution in [2.75, 3.05) is 20.5 Å². The van der Waals surface area contributed by atoms with Crippen LogP contribution in [-0.2, 0) is 10.0 Å². The second-order valence-corrected chi connectivity index (χ2v) is 9.52. The number of aryl methyl sites for hydroxylation is 1. The first-order valence-corrected chi connectivity index (χ1v) is 12.1. The van der Waals surface area contributed by atoms with E-state index in [1.807, 2.05) is 0 Å². The topological polar surface area (TPSA) is 112 Å². The smallest absolute Gasteiger partial charge is 0.283 e. The molecule has 0 aliphatic rings. The number of halogens is 3. The van der Waals surface area contributed by atoms with Gasteiger partial charge in [-0.25, -0.2) is 36.0 Å². The molecular formula is C23H19F3N4O5S. The zero-order valence-corrected chi connectivity index (χ0v) is 20.2. The van der Waals surface area contributed by atoms with Crippen LogP contribution in [0.2, 0.25) is 0 Å². The van der Waals surface area contributed by atoms with Gasteiger partial charge in [0.25, 0.3) is 5.91 Å². The molecule has 9 nitrogen and oxygen atoms in total. The second kappa shape index (κ2) is 9.15. The van der Waals surface area contributed by atoms with Crippen molar-refractivity contribution < 1.29 is 35.9 Å². The first-order valence-electron chi connectivity index (χ1n) is 10.2. The van der Waals surface area contributed by atoms with Crippen molar-refractivity contribution in [2.24, 2.45) is 0 Å². The molecule has 4 aromatic rings. The quantitative estimate of drug-likeness (QED) is 0.414. The number of benzene rings is 2. The predicted molar refractivity (Wildman–Crippen MR) is 124 cm³/mol. The lowest BCUT2D eigenvalue weighted by Crippen LogP contribution is -2.30. The minimum absolute atomic E-state index is 0.0756. The van der Waals surface area contributed by atoms with Gasteiger partial charge in [0.05, 0.1) is 42.8 Å². The number of hydrogen-bond donors (Lipinski definition) is 1. The van der Waals surface area contributed by atoms with E-state index in [-0.39, 0.29) is 39.5 Å². The van der Waals surface area contributed by atoms with Gasteiger partial charge in [-0.3, -0.25) is 4.79 Å². The molecule has 2 heterocycles. The standard InChI is InChI=1S/C23H19F3N4O5S/c1-11-20-16(21-17(25)8-15(35-3)9-18(21)26)10-19(23(31)29-36(4,32)33)27-22(20)30(28-11)13-5-12(24)6-14(7-13)34-2/h5-10H,1-4H3,(H,29,31). The average Bonchev–Trinajstić information content (AvgIpc) is 3.13. The molecule has 13 heteroatoms. The van der Waals surface area contributed by atoms with Crippen LogP contribution in [-0.4, -0.2) is 49.6 Å². The van der Waals surface area contributed by atoms with Crippen LogP contribution in [0.25, 0.3) is 27.8 Å². The zero-order valence-electron chi connectivity index (χ0n) is 19.4. The second-order valence-electron chi connectivity index (χ2n) is 7.77. The van der Waals surface area contributed by atoms with E-state index >= 15 is 8.78 Å². The molecule has 0 unspecified atom stereocenters. The summed E-state index contributed by atoms with van der Waals surface area (Å²) in [6.45, 7) is 1.54. The number of aromatic nitrogens is 3. The molecule has 0 aliphatic carbocycles. The van der Waals surface area contributed by atoms with Crippen LogP contribution < -0.4 is 14.2 Å². The van der Waals surface area contributed by atoms with E-state index < -0.39 is 44.6 Å². The summed E-state index contributed by atoms with van der Waals surface area (Å²) in [5, 5.41) is 4.49. The third-order valence-corrected chi connectivity index (χ3v) is 5.74. The van der Waals surface area contributed by atoms with Crippen molar-refractivity contribution in [2.45, 2.75) is 6.92 Å². The molecule has 0 radical (unpaired) electrons. The van der Waals surface area contributed by atoms with Crippen LogP contribution in [0.1, 0.15) is 16.2 Å². The summed E-state index contributed by atoms with van der Waals surface area (Å²) in [6.07, 6.45) is 0.764. The number of nitrogens with zero attached hydrogens (tertiary/aromatic N) is 3. The first kappa shape index (κ1) is 25.0. The van der Waals surface area contributed by atoms with Gasteiger partial charge in [-0.1, -0.05) is 0 Å². The molecule has 36 heavy (non-hydrogen) atoms. The lowest BCUT2D eigenvalue weighted by atomic mass is 9.99. The molecule has 1 N–H and O–H groups in total. The van der Waals surface area contributed by atoms with Crippen LogP contribution in [0, 0.1) is 24.4 Å². The van der Waals surface area contributed by atoms with Crippen LogP contribution >= 0.6 is 0 Å². The molecule has 0 saturated heterocycles. The van der Waals surface area contributed by atoms with Crippen molar-refractivity contribution in [1.29, 1.82) is 0 Å². The number of ether oxygens (including phenoxy) is 2. The summed E-state index contributed by atoms with van der Waals surface area (Å²) in [6, 6.07) is 6.66. The predicted octanol–water partition coefficient (Wildman–Crippen LogP) is 3.52. The number of sulfonamides is 1. The summed E-state index contributed by atoms with van der Waals surface area (Å²) < 4.78 is 80.7. The maximum atomic E-state index is 15.1. The number of fused-ring (bicyclic) bond motifs is 1. The van der Waals surface area contributed by atoms with E-state index in [0.717, 1.165) is 41.3 Å². The van der Waals surface area contributed by atoms with Gasteiger partial charge in [-0.15, -0.1) is 0 Å². The third-order valence-electron chi connectivity index (χ3n) is 5.18. The molecule has 2 aromatic heterocycles. The molecule has 0 aliphatic heterocycles. The van der Waals surface area contributed by atoms with E-state index in [0.29, 0.717) is 0 Å². The van der Waals surface area contributed by atoms with Gasteiger partial charge >= 0.3 is 0 Å². The fourth-order valence-corrected chi connectivity index (χ4v) is 4.16. The Morgan fingerprint density at radius 3 is 2.17 bits per heavy atom. The van der Waals surface area contributed by atoms with E-state index in [4.69, 9.17) is 9.47 Å². The maximum absolute atomic E-state index is 15.1. The summed E-state index contributed by atoms with van der Waals surface area (Å²) in [7, 11) is -1.41. The highest BCUT2D eigenvalue weighted by atomic mass is 32.2. The minimum Gasteiger partial charge on any atom is -0.497 e. The van der Waals surface area contributed by atoms with E-state index in [1.165, 1.54) is 27.2 Å². The van der Waals surface area contributed by atoms with Crippen molar-refractivity contribution in [1.82, 2.24) is 19.5 Å². The lowest BCUT2D eigenvalue weighted by Gasteiger charge is -2.12. The Labute approximate surface area is 203 Å². The molecular weight excluding hydrogens is 501 g/mol. The van der Waals surface area contributed by atoms with Crippen molar-refractivity contribution in [3.8, 4) is 28.3 Å². The van der Waals surface area contributed by atoms with Gasteiger partial charge in [0, 0.05) is 29.8 Å². The molecule has 0 saturated carbocycles. The lowest BCUT2D eigenvalue weighted by molar-refractivity contribution is 0.0977. The SMILES string of the molecule is COc1cc(F)cc(-n2nc(C)c3c(-c4c(F)cc(OC)cc4F)cc(C(=O)NS(C)(=O)=O)nc32)c1. The Morgan fingerprint density at radius 1 is 0.972 bits per heavy atom. The Balaban J connectivity index is 2.09. The Kier molecular flexibility index (Phi) is 6.35. The summed E-state index contributed by atoms with van der Waals surface area (Å²) in [5.41, 5.74) is -0.798. The monoisotopic (exact) mass is 520 g/mol. The Hall–Kier alpha value is -4.13. The van der Waals surface area contributed by atoms with Crippen molar-refractivity contribution in [3.05, 3.63) is 65.2 Å². The Morgan fingerprint density at radius 2 is 1.58 bits per heavy atom. The van der Waals surface area contributed by atoms with Gasteiger partial charge in [-0.05, 0) is 19.1 Å². The van der Waals surface area contributed by atoms with Crippen molar-refractivity contribution >= 4 is 27.0 Å². The normalized spacial score (nSPS) is 11.5. The van der Waals surface area contributed by atoms with Gasteiger partial charge < -0.3 is 9.47 Å². The number of rotatable bonds is 6. The van der Waals surface area contributed by atoms with Crippen LogP contribution in [0.15, 0.2) is 36.4 Å². The maximum Gasteiger partial charge on any atom is 0.283 e. The first-order chi connectivity index (χ1) is 16.9. The number of amides is 1. The van der Waals surface area contributed by atoms with Gasteiger partial charge in [-0.2, -0.15) is 5.10 Å². The zero-order chi connectivity index (χ0) is 26.4. The molecule has 1 amide bonds. The van der Waals surface area contributed by atoms with Crippen molar-refractivity contribution in [3.63, 3.8) is 0 Å². The fourth-order valence-electron chi connectivity index (χ4n) is 3.72. The highest BCUT2D eigenvalue weighted by molar-refractivity contribution is 7.89. The largest absolute Gasteiger partial charge is 0.497 e. The number of carbonyl (C=O) groups is 1. The minimum atomic E-state index is -3.99. The molecule has 0 fully saturated rings. The highest BCUT2D eigenvalue weighted by Gasteiger charge is 2.25. The van der Waals surface area contributed by atoms with Gasteiger partial charge in [0.1, 0.15) is 34.6 Å². The van der Waals surface area contributed by atoms with Crippen LogP contribution in [0.5, 0.6) is 11.5 Å². The van der Waals surface area contributed by atoms with Gasteiger partial charge in [0.15, 0.2) is 5.65 Å².